The number of amides is 1. The predicted molar refractivity (Wildman–Crippen MR) is 96.8 cm³/mol. The molecule has 1 amide bonds. The zero-order valence-corrected chi connectivity index (χ0v) is 14.9. The highest BCUT2D eigenvalue weighted by atomic mass is 35.5. The fourth-order valence-electron chi connectivity index (χ4n) is 4.71. The summed E-state index contributed by atoms with van der Waals surface area (Å²) in [7, 11) is 0. The smallest absolute Gasteiger partial charge is 0.227 e. The molecule has 1 saturated carbocycles. The van der Waals surface area contributed by atoms with E-state index in [1.54, 1.807) is 0 Å². The molecule has 1 aliphatic carbocycles. The summed E-state index contributed by atoms with van der Waals surface area (Å²) < 4.78 is 5.72. The van der Waals surface area contributed by atoms with Crippen LogP contribution in [0.15, 0.2) is 24.3 Å². The Hall–Kier alpha value is -1.26. The second-order valence-electron chi connectivity index (χ2n) is 7.31. The summed E-state index contributed by atoms with van der Waals surface area (Å²) in [5.74, 6) is 2.15. The monoisotopic (exact) mass is 350 g/mol. The Kier molecular flexibility index (Phi) is 5.36. The van der Waals surface area contributed by atoms with E-state index in [-0.39, 0.29) is 23.7 Å². The first-order valence-corrected chi connectivity index (χ1v) is 9.00. The van der Waals surface area contributed by atoms with Crippen molar-refractivity contribution in [3.63, 3.8) is 0 Å². The van der Waals surface area contributed by atoms with Gasteiger partial charge in [0.25, 0.3) is 0 Å². The predicted octanol–water partition coefficient (Wildman–Crippen LogP) is 2.87. The number of rotatable bonds is 3. The molecule has 24 heavy (non-hydrogen) atoms. The highest BCUT2D eigenvalue weighted by Gasteiger charge is 2.49. The largest absolute Gasteiger partial charge is 0.493 e. The average molecular weight is 351 g/mol. The van der Waals surface area contributed by atoms with E-state index in [1.165, 1.54) is 24.8 Å². The van der Waals surface area contributed by atoms with Gasteiger partial charge in [0.15, 0.2) is 0 Å². The van der Waals surface area contributed by atoms with Gasteiger partial charge in [-0.2, -0.15) is 0 Å². The Morgan fingerprint density at radius 1 is 1.29 bits per heavy atom. The molecule has 0 aromatic heterocycles. The van der Waals surface area contributed by atoms with E-state index in [2.05, 4.69) is 22.8 Å². The minimum atomic E-state index is -0.150. The van der Waals surface area contributed by atoms with Crippen LogP contribution in [0.5, 0.6) is 5.75 Å². The molecule has 132 valence electrons. The molecule has 5 heteroatoms. The van der Waals surface area contributed by atoms with Crippen molar-refractivity contribution in [1.29, 1.82) is 0 Å². The third-order valence-corrected chi connectivity index (χ3v) is 6.08. The molecule has 3 aliphatic rings. The van der Waals surface area contributed by atoms with Crippen molar-refractivity contribution < 1.29 is 9.53 Å². The number of fused-ring (bicyclic) bond motifs is 2. The molecule has 1 aromatic carbocycles. The molecule has 2 aliphatic heterocycles. The molecule has 2 N–H and O–H groups in total. The Labute approximate surface area is 150 Å². The number of nitrogens with one attached hydrogen (secondary N) is 2. The summed E-state index contributed by atoms with van der Waals surface area (Å²) in [6, 6.07) is 8.22. The second-order valence-corrected chi connectivity index (χ2v) is 7.31. The molecule has 2 heterocycles. The first kappa shape index (κ1) is 17.6. The number of benzene rings is 1. The van der Waals surface area contributed by atoms with Gasteiger partial charge in [0.2, 0.25) is 5.91 Å². The normalized spacial score (nSPS) is 31.2. The topological polar surface area (TPSA) is 50.4 Å². The maximum Gasteiger partial charge on any atom is 0.227 e. The summed E-state index contributed by atoms with van der Waals surface area (Å²) >= 11 is 0. The highest BCUT2D eigenvalue weighted by molar-refractivity contribution is 5.85. The van der Waals surface area contributed by atoms with Crippen molar-refractivity contribution in [3.8, 4) is 5.75 Å². The molecular formula is C19H27ClN2O2. The van der Waals surface area contributed by atoms with Crippen LogP contribution < -0.4 is 15.4 Å². The summed E-state index contributed by atoms with van der Waals surface area (Å²) in [6.45, 7) is 3.34. The van der Waals surface area contributed by atoms with Crippen LogP contribution in [0.25, 0.3) is 0 Å². The molecule has 3 atom stereocenters. The standard InChI is InChI=1S/C19H26N2O2.ClH/c22-18(19-9-4-3-5-15(19)12-20-13-19)21-11-14-8-10-23-17-7-2-1-6-16(14)17;/h1-2,6-7,14-15,20H,3-5,8-13H2,(H,21,22);1H/t14?,15-,19+;/m0./s1. The van der Waals surface area contributed by atoms with Crippen molar-refractivity contribution >= 4 is 18.3 Å². The number of carbonyl (C=O) groups excluding carboxylic acids is 1. The van der Waals surface area contributed by atoms with Gasteiger partial charge in [0, 0.05) is 19.0 Å². The molecule has 2 fully saturated rings. The lowest BCUT2D eigenvalue weighted by Crippen LogP contribution is -2.48. The van der Waals surface area contributed by atoms with Gasteiger partial charge in [-0.05, 0) is 43.4 Å². The van der Waals surface area contributed by atoms with E-state index in [0.717, 1.165) is 44.8 Å². The van der Waals surface area contributed by atoms with Gasteiger partial charge in [0.05, 0.1) is 12.0 Å². The van der Waals surface area contributed by atoms with E-state index < -0.39 is 0 Å². The van der Waals surface area contributed by atoms with E-state index in [0.29, 0.717) is 11.8 Å². The fourth-order valence-corrected chi connectivity index (χ4v) is 4.71. The van der Waals surface area contributed by atoms with Crippen LogP contribution in [0, 0.1) is 11.3 Å². The van der Waals surface area contributed by atoms with Gasteiger partial charge >= 0.3 is 0 Å². The van der Waals surface area contributed by atoms with Gasteiger partial charge in [0.1, 0.15) is 5.75 Å². The van der Waals surface area contributed by atoms with Crippen LogP contribution in [-0.2, 0) is 4.79 Å². The van der Waals surface area contributed by atoms with E-state index in [4.69, 9.17) is 4.74 Å². The minimum Gasteiger partial charge on any atom is -0.493 e. The molecule has 4 nitrogen and oxygen atoms in total. The van der Waals surface area contributed by atoms with Crippen molar-refractivity contribution in [2.45, 2.75) is 38.0 Å². The Bertz CT molecular complexity index is 594. The number of hydrogen-bond donors (Lipinski definition) is 2. The number of hydrogen-bond acceptors (Lipinski definition) is 3. The molecule has 0 radical (unpaired) electrons. The van der Waals surface area contributed by atoms with Gasteiger partial charge in [-0.15, -0.1) is 12.4 Å². The van der Waals surface area contributed by atoms with Gasteiger partial charge < -0.3 is 15.4 Å². The first-order chi connectivity index (χ1) is 11.3. The van der Waals surface area contributed by atoms with Crippen molar-refractivity contribution in [2.75, 3.05) is 26.2 Å². The Morgan fingerprint density at radius 3 is 3.08 bits per heavy atom. The van der Waals surface area contributed by atoms with Crippen LogP contribution in [-0.4, -0.2) is 32.1 Å². The zero-order chi connectivity index (χ0) is 15.7. The number of para-hydroxylation sites is 1. The van der Waals surface area contributed by atoms with Crippen molar-refractivity contribution in [2.24, 2.45) is 11.3 Å². The number of halogens is 1. The van der Waals surface area contributed by atoms with E-state index in [9.17, 15) is 4.79 Å². The summed E-state index contributed by atoms with van der Waals surface area (Å²) in [6.07, 6.45) is 5.67. The third kappa shape index (κ3) is 3.02. The van der Waals surface area contributed by atoms with Crippen molar-refractivity contribution in [3.05, 3.63) is 29.8 Å². The Balaban J connectivity index is 0.00000169. The molecular weight excluding hydrogens is 324 g/mol. The molecule has 1 aromatic rings. The molecule has 0 spiro atoms. The summed E-state index contributed by atoms with van der Waals surface area (Å²) in [5.41, 5.74) is 1.09. The van der Waals surface area contributed by atoms with E-state index >= 15 is 0 Å². The molecule has 4 rings (SSSR count). The van der Waals surface area contributed by atoms with Crippen LogP contribution in [0.2, 0.25) is 0 Å². The summed E-state index contributed by atoms with van der Waals surface area (Å²) in [5, 5.41) is 6.75. The quantitative estimate of drug-likeness (QED) is 0.881. The number of carbonyl (C=O) groups is 1. The third-order valence-electron chi connectivity index (χ3n) is 6.08. The lowest BCUT2D eigenvalue weighted by molar-refractivity contribution is -0.134. The van der Waals surface area contributed by atoms with Gasteiger partial charge in [-0.25, -0.2) is 0 Å². The molecule has 1 unspecified atom stereocenters. The second kappa shape index (κ2) is 7.32. The maximum absolute atomic E-state index is 13.0. The SMILES string of the molecule is Cl.O=C(NCC1CCOc2ccccc21)[C@@]12CCCC[C@H]1CNC2. The van der Waals surface area contributed by atoms with Gasteiger partial charge in [-0.1, -0.05) is 31.0 Å². The molecule has 0 bridgehead atoms. The van der Waals surface area contributed by atoms with Crippen molar-refractivity contribution in [1.82, 2.24) is 10.6 Å². The summed E-state index contributed by atoms with van der Waals surface area (Å²) in [4.78, 5) is 13.0. The fraction of sp³-hybridized carbons (Fsp3) is 0.632. The average Bonchev–Trinajstić information content (AvgIpc) is 3.05. The van der Waals surface area contributed by atoms with Crippen LogP contribution in [0.3, 0.4) is 0 Å². The zero-order valence-electron chi connectivity index (χ0n) is 14.1. The van der Waals surface area contributed by atoms with Gasteiger partial charge in [-0.3, -0.25) is 4.79 Å². The number of ether oxygens (including phenoxy) is 1. The first-order valence-electron chi connectivity index (χ1n) is 9.00. The molecule has 1 saturated heterocycles. The minimum absolute atomic E-state index is 0. The van der Waals surface area contributed by atoms with Crippen LogP contribution >= 0.6 is 12.4 Å². The maximum atomic E-state index is 13.0. The van der Waals surface area contributed by atoms with Crippen LogP contribution in [0.4, 0.5) is 0 Å². The highest BCUT2D eigenvalue weighted by Crippen LogP contribution is 2.44. The van der Waals surface area contributed by atoms with E-state index in [1.807, 2.05) is 12.1 Å². The van der Waals surface area contributed by atoms with Crippen LogP contribution in [0.1, 0.15) is 43.6 Å². The Morgan fingerprint density at radius 2 is 2.17 bits per heavy atom. The lowest BCUT2D eigenvalue weighted by Gasteiger charge is -2.37. The lowest BCUT2D eigenvalue weighted by atomic mass is 9.67.